The zero-order chi connectivity index (χ0) is 22.1. The van der Waals surface area contributed by atoms with Gasteiger partial charge in [-0.1, -0.05) is 13.0 Å². The molecule has 0 spiro atoms. The highest BCUT2D eigenvalue weighted by molar-refractivity contribution is 6.00. The van der Waals surface area contributed by atoms with Gasteiger partial charge in [-0.15, -0.1) is 0 Å². The van der Waals surface area contributed by atoms with Gasteiger partial charge in [-0.3, -0.25) is 9.78 Å². The average Bonchev–Trinajstić information content (AvgIpc) is 2.76. The molecule has 2 aromatic carbocycles. The van der Waals surface area contributed by atoms with Crippen molar-refractivity contribution in [3.63, 3.8) is 0 Å². The minimum Gasteiger partial charge on any atom is -0.508 e. The van der Waals surface area contributed by atoms with Gasteiger partial charge in [0.05, 0.1) is 11.6 Å². The van der Waals surface area contributed by atoms with Gasteiger partial charge in [0.15, 0.2) is 0 Å². The highest BCUT2D eigenvalue weighted by atomic mass is 19.1. The summed E-state index contributed by atoms with van der Waals surface area (Å²) in [6, 6.07) is 10.2. The van der Waals surface area contributed by atoms with Crippen molar-refractivity contribution in [2.75, 3.05) is 13.2 Å². The molecular formula is C25H26FNO4. The van der Waals surface area contributed by atoms with E-state index in [1.807, 2.05) is 12.1 Å². The Morgan fingerprint density at radius 1 is 1.19 bits per heavy atom. The molecular weight excluding hydrogens is 397 g/mol. The summed E-state index contributed by atoms with van der Waals surface area (Å²) in [6.07, 6.45) is 1.89. The van der Waals surface area contributed by atoms with E-state index in [1.165, 1.54) is 6.07 Å². The fourth-order valence-electron chi connectivity index (χ4n) is 4.29. The molecule has 162 valence electrons. The number of hydrogen-bond acceptors (Lipinski definition) is 4. The van der Waals surface area contributed by atoms with E-state index in [2.05, 4.69) is 0 Å². The molecule has 1 saturated heterocycles. The Morgan fingerprint density at radius 2 is 1.94 bits per heavy atom. The van der Waals surface area contributed by atoms with E-state index in [1.54, 1.807) is 32.0 Å². The van der Waals surface area contributed by atoms with Crippen LogP contribution >= 0.6 is 0 Å². The monoisotopic (exact) mass is 423 g/mol. The second-order valence-corrected chi connectivity index (χ2v) is 8.34. The first-order valence-corrected chi connectivity index (χ1v) is 10.6. The smallest absolute Gasteiger partial charge is 0.306 e. The Labute approximate surface area is 180 Å². The number of pyridine rings is 1. The summed E-state index contributed by atoms with van der Waals surface area (Å²) < 4.78 is 19.5. The van der Waals surface area contributed by atoms with Crippen molar-refractivity contribution in [2.45, 2.75) is 39.0 Å². The number of phenols is 1. The first kappa shape index (κ1) is 21.2. The lowest BCUT2D eigenvalue weighted by Gasteiger charge is -2.26. The average molecular weight is 423 g/mol. The third-order valence-electron chi connectivity index (χ3n) is 6.07. The summed E-state index contributed by atoms with van der Waals surface area (Å²) in [7, 11) is 0. The Bertz CT molecular complexity index is 1140. The lowest BCUT2D eigenvalue weighted by atomic mass is 9.85. The summed E-state index contributed by atoms with van der Waals surface area (Å²) in [6.45, 7) is 4.67. The third kappa shape index (κ3) is 4.26. The minimum absolute atomic E-state index is 0.0959. The topological polar surface area (TPSA) is 79.7 Å². The van der Waals surface area contributed by atoms with Crippen molar-refractivity contribution in [1.29, 1.82) is 0 Å². The van der Waals surface area contributed by atoms with Crippen LogP contribution in [-0.2, 0) is 16.0 Å². The lowest BCUT2D eigenvalue weighted by Crippen LogP contribution is -2.18. The van der Waals surface area contributed by atoms with E-state index in [0.717, 1.165) is 40.4 Å². The van der Waals surface area contributed by atoms with Gasteiger partial charge in [0.2, 0.25) is 0 Å². The standard InChI is InChI=1S/C25H26FNO4/c1-14-11-17(3-6-21(14)26)23-19-5-4-18(28)13-20(19)22(12-15(2)25(29)30)27-24(23)16-7-9-31-10-8-16/h3-6,11,13,15-16,28H,7-10,12H2,1-2H3,(H,29,30)/t15-/m1/s1. The number of hydrogen-bond donors (Lipinski definition) is 2. The molecule has 31 heavy (non-hydrogen) atoms. The second kappa shape index (κ2) is 8.63. The fraction of sp³-hybridized carbons (Fsp3) is 0.360. The van der Waals surface area contributed by atoms with E-state index < -0.39 is 11.9 Å². The molecule has 0 radical (unpaired) electrons. The number of carbonyl (C=O) groups is 1. The van der Waals surface area contributed by atoms with E-state index in [9.17, 15) is 19.4 Å². The molecule has 0 aliphatic carbocycles. The Morgan fingerprint density at radius 3 is 2.61 bits per heavy atom. The van der Waals surface area contributed by atoms with Gasteiger partial charge in [0, 0.05) is 42.2 Å². The van der Waals surface area contributed by atoms with Crippen molar-refractivity contribution in [2.24, 2.45) is 5.92 Å². The number of phenolic OH excluding ortho intramolecular Hbond substituents is 1. The van der Waals surface area contributed by atoms with Crippen molar-refractivity contribution < 1.29 is 24.1 Å². The van der Waals surface area contributed by atoms with Gasteiger partial charge in [-0.2, -0.15) is 0 Å². The third-order valence-corrected chi connectivity index (χ3v) is 6.07. The number of nitrogens with zero attached hydrogens (tertiary/aromatic N) is 1. The number of fused-ring (bicyclic) bond motifs is 1. The van der Waals surface area contributed by atoms with Gasteiger partial charge in [-0.05, 0) is 66.6 Å². The van der Waals surface area contributed by atoms with Crippen LogP contribution in [0.15, 0.2) is 36.4 Å². The predicted molar refractivity (Wildman–Crippen MR) is 117 cm³/mol. The predicted octanol–water partition coefficient (Wildman–Crippen LogP) is 5.21. The van der Waals surface area contributed by atoms with Crippen LogP contribution in [0, 0.1) is 18.7 Å². The van der Waals surface area contributed by atoms with Crippen LogP contribution in [0.5, 0.6) is 5.75 Å². The molecule has 2 N–H and O–H groups in total. The number of halogens is 1. The van der Waals surface area contributed by atoms with E-state index >= 15 is 0 Å². The van der Waals surface area contributed by atoms with Gasteiger partial charge in [-0.25, -0.2) is 4.39 Å². The lowest BCUT2D eigenvalue weighted by molar-refractivity contribution is -0.141. The summed E-state index contributed by atoms with van der Waals surface area (Å²) in [4.78, 5) is 16.5. The molecule has 1 aliphatic rings. The van der Waals surface area contributed by atoms with Crippen molar-refractivity contribution >= 4 is 16.7 Å². The van der Waals surface area contributed by atoms with Crippen LogP contribution < -0.4 is 0 Å². The summed E-state index contributed by atoms with van der Waals surface area (Å²) in [5, 5.41) is 21.2. The largest absolute Gasteiger partial charge is 0.508 e. The van der Waals surface area contributed by atoms with Crippen molar-refractivity contribution in [1.82, 2.24) is 4.98 Å². The molecule has 0 unspecified atom stereocenters. The number of carboxylic acid groups (broad SMARTS) is 1. The van der Waals surface area contributed by atoms with Crippen LogP contribution in [0.1, 0.15) is 42.6 Å². The number of rotatable bonds is 5. The van der Waals surface area contributed by atoms with E-state index in [-0.39, 0.29) is 23.9 Å². The van der Waals surface area contributed by atoms with Gasteiger partial charge in [0.25, 0.3) is 0 Å². The Hall–Kier alpha value is -2.99. The summed E-state index contributed by atoms with van der Waals surface area (Å²) in [5.41, 5.74) is 3.87. The molecule has 4 rings (SSSR count). The van der Waals surface area contributed by atoms with Crippen LogP contribution in [0.3, 0.4) is 0 Å². The zero-order valence-corrected chi connectivity index (χ0v) is 17.7. The van der Waals surface area contributed by atoms with Gasteiger partial charge >= 0.3 is 5.97 Å². The molecule has 5 nitrogen and oxygen atoms in total. The number of aryl methyl sites for hydroxylation is 1. The van der Waals surface area contributed by atoms with Crippen molar-refractivity contribution in [3.05, 3.63) is 59.2 Å². The highest BCUT2D eigenvalue weighted by Gasteiger charge is 2.26. The number of aliphatic carboxylic acids is 1. The fourth-order valence-corrected chi connectivity index (χ4v) is 4.29. The quantitative estimate of drug-likeness (QED) is 0.589. The van der Waals surface area contributed by atoms with Gasteiger partial charge in [0.1, 0.15) is 11.6 Å². The maximum absolute atomic E-state index is 14.0. The van der Waals surface area contributed by atoms with Crippen LogP contribution in [-0.4, -0.2) is 34.4 Å². The number of benzene rings is 2. The SMILES string of the molecule is Cc1cc(-c2c(C3CCOCC3)nc(C[C@@H](C)C(=O)O)c3cc(O)ccc23)ccc1F. The molecule has 3 aromatic rings. The van der Waals surface area contributed by atoms with Crippen LogP contribution in [0.2, 0.25) is 0 Å². The molecule has 0 amide bonds. The second-order valence-electron chi connectivity index (χ2n) is 8.34. The molecule has 2 heterocycles. The Kier molecular flexibility index (Phi) is 5.92. The van der Waals surface area contributed by atoms with E-state index in [4.69, 9.17) is 9.72 Å². The minimum atomic E-state index is -0.888. The molecule has 1 aromatic heterocycles. The number of aromatic nitrogens is 1. The zero-order valence-electron chi connectivity index (χ0n) is 17.7. The normalized spacial score (nSPS) is 15.8. The number of carboxylic acids is 1. The van der Waals surface area contributed by atoms with E-state index in [0.29, 0.717) is 24.5 Å². The number of ether oxygens (including phenoxy) is 1. The van der Waals surface area contributed by atoms with Crippen LogP contribution in [0.25, 0.3) is 21.9 Å². The van der Waals surface area contributed by atoms with Gasteiger partial charge < -0.3 is 14.9 Å². The first-order chi connectivity index (χ1) is 14.8. The van der Waals surface area contributed by atoms with Crippen LogP contribution in [0.4, 0.5) is 4.39 Å². The summed E-state index contributed by atoms with van der Waals surface area (Å²) in [5.74, 6) is -1.51. The Balaban J connectivity index is 2.01. The molecule has 1 fully saturated rings. The molecule has 0 bridgehead atoms. The molecule has 1 aliphatic heterocycles. The molecule has 1 atom stereocenters. The molecule has 6 heteroatoms. The van der Waals surface area contributed by atoms with Crippen molar-refractivity contribution in [3.8, 4) is 16.9 Å². The summed E-state index contributed by atoms with van der Waals surface area (Å²) >= 11 is 0. The maximum Gasteiger partial charge on any atom is 0.306 e. The first-order valence-electron chi connectivity index (χ1n) is 10.6. The molecule has 0 saturated carbocycles. The number of aromatic hydroxyl groups is 1. The highest BCUT2D eigenvalue weighted by Crippen LogP contribution is 2.41. The maximum atomic E-state index is 14.0.